The van der Waals surface area contributed by atoms with E-state index in [1.54, 1.807) is 6.07 Å². The van der Waals surface area contributed by atoms with Gasteiger partial charge in [-0.3, -0.25) is 10.1 Å². The van der Waals surface area contributed by atoms with Crippen LogP contribution in [0, 0.1) is 10.1 Å². The first-order valence-electron chi connectivity index (χ1n) is 3.53. The van der Waals surface area contributed by atoms with Crippen LogP contribution in [0.25, 0.3) is 0 Å². The molecular formula is C7H7N3O2. The van der Waals surface area contributed by atoms with Gasteiger partial charge in [-0.15, -0.1) is 0 Å². The highest BCUT2D eigenvalue weighted by Gasteiger charge is 2.13. The lowest BCUT2D eigenvalue weighted by molar-refractivity contribution is -0.384. The zero-order chi connectivity index (χ0) is 8.55. The summed E-state index contributed by atoms with van der Waals surface area (Å²) in [6.07, 6.45) is 0. The number of anilines is 2. The van der Waals surface area contributed by atoms with E-state index < -0.39 is 4.92 Å². The molecule has 0 saturated carbocycles. The third kappa shape index (κ3) is 0.952. The van der Waals surface area contributed by atoms with E-state index in [-0.39, 0.29) is 5.69 Å². The van der Waals surface area contributed by atoms with Gasteiger partial charge in [-0.1, -0.05) is 0 Å². The summed E-state index contributed by atoms with van der Waals surface area (Å²) < 4.78 is 0. The number of fused-ring (bicyclic) bond motifs is 1. The number of rotatable bonds is 1. The molecule has 0 fully saturated rings. The van der Waals surface area contributed by atoms with Crippen LogP contribution in [0.3, 0.4) is 0 Å². The predicted molar refractivity (Wildman–Crippen MR) is 45.2 cm³/mol. The summed E-state index contributed by atoms with van der Waals surface area (Å²) in [5.41, 5.74) is 1.83. The summed E-state index contributed by atoms with van der Waals surface area (Å²) >= 11 is 0. The Hall–Kier alpha value is -1.78. The fourth-order valence-electron chi connectivity index (χ4n) is 1.18. The smallest absolute Gasteiger partial charge is 0.271 e. The molecule has 1 aromatic rings. The second-order valence-electron chi connectivity index (χ2n) is 2.52. The Labute approximate surface area is 68.5 Å². The Morgan fingerprint density at radius 3 is 2.83 bits per heavy atom. The van der Waals surface area contributed by atoms with Crippen molar-refractivity contribution in [1.82, 2.24) is 0 Å². The van der Waals surface area contributed by atoms with Crippen LogP contribution < -0.4 is 10.6 Å². The van der Waals surface area contributed by atoms with Gasteiger partial charge < -0.3 is 10.6 Å². The van der Waals surface area contributed by atoms with Crippen molar-refractivity contribution in [3.63, 3.8) is 0 Å². The second-order valence-corrected chi connectivity index (χ2v) is 2.52. The van der Waals surface area contributed by atoms with Gasteiger partial charge in [-0.05, 0) is 6.07 Å². The van der Waals surface area contributed by atoms with Crippen LogP contribution in [-0.2, 0) is 0 Å². The summed E-state index contributed by atoms with van der Waals surface area (Å²) in [5, 5.41) is 16.4. The maximum Gasteiger partial charge on any atom is 0.271 e. The van der Waals surface area contributed by atoms with E-state index in [0.717, 1.165) is 11.4 Å². The van der Waals surface area contributed by atoms with Gasteiger partial charge in [-0.2, -0.15) is 0 Å². The zero-order valence-corrected chi connectivity index (χ0v) is 6.20. The Morgan fingerprint density at radius 1 is 1.33 bits per heavy atom. The molecule has 1 heterocycles. The van der Waals surface area contributed by atoms with E-state index in [1.807, 2.05) is 0 Å². The van der Waals surface area contributed by atoms with E-state index >= 15 is 0 Å². The number of nitrogens with zero attached hydrogens (tertiary/aromatic N) is 1. The minimum atomic E-state index is -0.402. The van der Waals surface area contributed by atoms with Crippen molar-refractivity contribution in [2.45, 2.75) is 0 Å². The van der Waals surface area contributed by atoms with Crippen LogP contribution in [0.1, 0.15) is 0 Å². The molecule has 0 aliphatic carbocycles. The molecule has 1 aliphatic heterocycles. The number of benzene rings is 1. The number of nitro groups is 1. The van der Waals surface area contributed by atoms with E-state index in [0.29, 0.717) is 6.67 Å². The fraction of sp³-hybridized carbons (Fsp3) is 0.143. The third-order valence-corrected chi connectivity index (χ3v) is 1.77. The highest BCUT2D eigenvalue weighted by Crippen LogP contribution is 2.29. The lowest BCUT2D eigenvalue weighted by atomic mass is 10.2. The van der Waals surface area contributed by atoms with Crippen molar-refractivity contribution in [2.24, 2.45) is 0 Å². The monoisotopic (exact) mass is 165 g/mol. The number of nitrogens with one attached hydrogen (secondary N) is 2. The molecule has 12 heavy (non-hydrogen) atoms. The molecular weight excluding hydrogens is 158 g/mol. The van der Waals surface area contributed by atoms with Crippen molar-refractivity contribution in [2.75, 3.05) is 17.3 Å². The van der Waals surface area contributed by atoms with Crippen molar-refractivity contribution < 1.29 is 4.92 Å². The highest BCUT2D eigenvalue weighted by molar-refractivity contribution is 5.75. The van der Waals surface area contributed by atoms with Crippen LogP contribution in [0.5, 0.6) is 0 Å². The number of hydrogen-bond donors (Lipinski definition) is 2. The van der Waals surface area contributed by atoms with Gasteiger partial charge in [0.2, 0.25) is 0 Å². The van der Waals surface area contributed by atoms with Gasteiger partial charge in [0.1, 0.15) is 0 Å². The molecule has 1 aliphatic rings. The minimum absolute atomic E-state index is 0.116. The SMILES string of the molecule is O=[N+]([O-])c1ccc2c(c1)NCN2. The van der Waals surface area contributed by atoms with Gasteiger partial charge in [-0.25, -0.2) is 0 Å². The molecule has 0 atom stereocenters. The Balaban J connectivity index is 2.45. The van der Waals surface area contributed by atoms with Crippen LogP contribution in [-0.4, -0.2) is 11.6 Å². The lowest BCUT2D eigenvalue weighted by Gasteiger charge is -1.96. The van der Waals surface area contributed by atoms with Gasteiger partial charge in [0.15, 0.2) is 0 Å². The molecule has 2 rings (SSSR count). The fourth-order valence-corrected chi connectivity index (χ4v) is 1.18. The number of nitro benzene ring substituents is 1. The highest BCUT2D eigenvalue weighted by atomic mass is 16.6. The van der Waals surface area contributed by atoms with Gasteiger partial charge in [0, 0.05) is 12.1 Å². The van der Waals surface area contributed by atoms with Crippen molar-refractivity contribution in [1.29, 1.82) is 0 Å². The van der Waals surface area contributed by atoms with Gasteiger partial charge in [0.05, 0.1) is 23.0 Å². The number of non-ortho nitro benzene ring substituents is 1. The van der Waals surface area contributed by atoms with Crippen molar-refractivity contribution in [3.05, 3.63) is 28.3 Å². The predicted octanol–water partition coefficient (Wildman–Crippen LogP) is 1.39. The first kappa shape index (κ1) is 6.90. The maximum atomic E-state index is 10.4. The van der Waals surface area contributed by atoms with E-state index in [9.17, 15) is 10.1 Å². The zero-order valence-electron chi connectivity index (χ0n) is 6.20. The summed E-state index contributed by atoms with van der Waals surface area (Å²) in [6.45, 7) is 0.635. The molecule has 0 bridgehead atoms. The molecule has 0 radical (unpaired) electrons. The van der Waals surface area contributed by atoms with Crippen LogP contribution >= 0.6 is 0 Å². The Bertz CT molecular complexity index is 337. The van der Waals surface area contributed by atoms with Crippen LogP contribution in [0.15, 0.2) is 18.2 Å². The quantitative estimate of drug-likeness (QED) is 0.487. The standard InChI is InChI=1S/C7H7N3O2/c11-10(12)5-1-2-6-7(3-5)9-4-8-6/h1-3,8-9H,4H2. The van der Waals surface area contributed by atoms with Gasteiger partial charge in [0.25, 0.3) is 5.69 Å². The largest absolute Gasteiger partial charge is 0.366 e. The number of hydrogen-bond acceptors (Lipinski definition) is 4. The van der Waals surface area contributed by atoms with Crippen molar-refractivity contribution >= 4 is 17.1 Å². The first-order chi connectivity index (χ1) is 5.77. The summed E-state index contributed by atoms with van der Waals surface area (Å²) in [6, 6.07) is 4.71. The maximum absolute atomic E-state index is 10.4. The molecule has 0 amide bonds. The molecule has 0 spiro atoms. The molecule has 2 N–H and O–H groups in total. The molecule has 5 nitrogen and oxygen atoms in total. The average Bonchev–Trinajstić information content (AvgIpc) is 2.49. The second kappa shape index (κ2) is 2.37. The molecule has 0 saturated heterocycles. The Morgan fingerprint density at radius 2 is 2.08 bits per heavy atom. The average molecular weight is 165 g/mol. The van der Waals surface area contributed by atoms with Crippen LogP contribution in [0.2, 0.25) is 0 Å². The van der Waals surface area contributed by atoms with Gasteiger partial charge >= 0.3 is 0 Å². The molecule has 0 unspecified atom stereocenters. The minimum Gasteiger partial charge on any atom is -0.366 e. The molecule has 5 heteroatoms. The molecule has 0 aromatic heterocycles. The van der Waals surface area contributed by atoms with E-state index in [2.05, 4.69) is 10.6 Å². The Kier molecular flexibility index (Phi) is 1.36. The lowest BCUT2D eigenvalue weighted by Crippen LogP contribution is -1.98. The van der Waals surface area contributed by atoms with Crippen molar-refractivity contribution in [3.8, 4) is 0 Å². The molecule has 1 aromatic carbocycles. The summed E-state index contributed by atoms with van der Waals surface area (Å²) in [5.74, 6) is 0. The van der Waals surface area contributed by atoms with E-state index in [4.69, 9.17) is 0 Å². The molecule has 62 valence electrons. The first-order valence-corrected chi connectivity index (χ1v) is 3.53. The summed E-state index contributed by atoms with van der Waals surface area (Å²) in [4.78, 5) is 9.96. The van der Waals surface area contributed by atoms with Crippen LogP contribution in [0.4, 0.5) is 17.1 Å². The summed E-state index contributed by atoms with van der Waals surface area (Å²) in [7, 11) is 0. The topological polar surface area (TPSA) is 67.2 Å². The van der Waals surface area contributed by atoms with E-state index in [1.165, 1.54) is 12.1 Å². The third-order valence-electron chi connectivity index (χ3n) is 1.77. The normalized spacial score (nSPS) is 13.0.